The summed E-state index contributed by atoms with van der Waals surface area (Å²) in [5.41, 5.74) is 1.05. The number of hydrogen-bond donors (Lipinski definition) is 2. The number of benzene rings is 2. The summed E-state index contributed by atoms with van der Waals surface area (Å²) in [5.74, 6) is 0.113. The predicted octanol–water partition coefficient (Wildman–Crippen LogP) is 3.50. The number of hydrogen-bond acceptors (Lipinski definition) is 4. The van der Waals surface area contributed by atoms with Gasteiger partial charge in [-0.25, -0.2) is 0 Å². The van der Waals surface area contributed by atoms with Crippen LogP contribution < -0.4 is 10.1 Å². The van der Waals surface area contributed by atoms with Gasteiger partial charge >= 0.3 is 0 Å². The molecule has 24 heavy (non-hydrogen) atoms. The number of phenolic OH excluding ortho intramolecular Hbond substituents is 1. The second-order valence-electron chi connectivity index (χ2n) is 4.81. The Morgan fingerprint density at radius 1 is 1.25 bits per heavy atom. The smallest absolute Gasteiger partial charge is 0.266 e. The number of rotatable bonds is 6. The van der Waals surface area contributed by atoms with Crippen LogP contribution in [0.4, 0.5) is 5.69 Å². The van der Waals surface area contributed by atoms with Crippen molar-refractivity contribution >= 4 is 17.7 Å². The summed E-state index contributed by atoms with van der Waals surface area (Å²) < 4.78 is 5.51. The number of nitrogens with zero attached hydrogens (tertiary/aromatic N) is 1. The topological polar surface area (TPSA) is 82.3 Å². The molecule has 0 saturated carbocycles. The van der Waals surface area contributed by atoms with E-state index in [1.807, 2.05) is 6.07 Å². The highest BCUT2D eigenvalue weighted by Crippen LogP contribution is 2.22. The Balaban J connectivity index is 2.22. The van der Waals surface area contributed by atoms with Gasteiger partial charge in [0.05, 0.1) is 0 Å². The number of carbonyl (C=O) groups excluding carboxylic acids is 1. The molecule has 2 aromatic carbocycles. The molecule has 120 valence electrons. The molecule has 0 aliphatic carbocycles. The van der Waals surface area contributed by atoms with Crippen LogP contribution in [0.2, 0.25) is 0 Å². The normalized spacial score (nSPS) is 10.5. The van der Waals surface area contributed by atoms with Gasteiger partial charge in [0.25, 0.3) is 5.91 Å². The molecule has 0 atom stereocenters. The number of para-hydroxylation sites is 1. The fourth-order valence-corrected chi connectivity index (χ4v) is 1.93. The van der Waals surface area contributed by atoms with Crippen molar-refractivity contribution in [2.24, 2.45) is 0 Å². The van der Waals surface area contributed by atoms with Gasteiger partial charge in [0, 0.05) is 11.3 Å². The highest BCUT2D eigenvalue weighted by atomic mass is 16.5. The molecule has 2 aromatic rings. The first kappa shape index (κ1) is 16.8. The summed E-state index contributed by atoms with van der Waals surface area (Å²) in [5, 5.41) is 21.1. The Morgan fingerprint density at radius 2 is 1.96 bits per heavy atom. The van der Waals surface area contributed by atoms with Gasteiger partial charge in [0.1, 0.15) is 29.7 Å². The van der Waals surface area contributed by atoms with Crippen molar-refractivity contribution < 1.29 is 14.6 Å². The second kappa shape index (κ2) is 8.20. The van der Waals surface area contributed by atoms with Gasteiger partial charge in [-0.15, -0.1) is 0 Å². The van der Waals surface area contributed by atoms with E-state index in [0.717, 1.165) is 0 Å². The Labute approximate surface area is 140 Å². The van der Waals surface area contributed by atoms with E-state index in [9.17, 15) is 15.2 Å². The molecule has 0 spiro atoms. The van der Waals surface area contributed by atoms with E-state index in [1.165, 1.54) is 18.2 Å². The SMILES string of the molecule is C=CCOc1ccccc1/C=C(\C#N)C(=O)Nc1ccc(O)cc1. The van der Waals surface area contributed by atoms with Gasteiger partial charge < -0.3 is 15.2 Å². The average Bonchev–Trinajstić information content (AvgIpc) is 2.60. The fourth-order valence-electron chi connectivity index (χ4n) is 1.93. The van der Waals surface area contributed by atoms with E-state index in [1.54, 1.807) is 42.5 Å². The van der Waals surface area contributed by atoms with Crippen molar-refractivity contribution in [1.29, 1.82) is 5.26 Å². The lowest BCUT2D eigenvalue weighted by Gasteiger charge is -2.08. The Bertz CT molecular complexity index is 802. The van der Waals surface area contributed by atoms with Crippen LogP contribution in [0, 0.1) is 11.3 Å². The molecule has 1 amide bonds. The van der Waals surface area contributed by atoms with E-state index in [2.05, 4.69) is 11.9 Å². The van der Waals surface area contributed by atoms with Crippen LogP contribution in [0.15, 0.2) is 66.8 Å². The standard InChI is InChI=1S/C19H16N2O3/c1-2-11-24-18-6-4-3-5-14(18)12-15(13-20)19(23)21-16-7-9-17(22)10-8-16/h2-10,12,22H,1,11H2,(H,21,23)/b15-12+. The minimum absolute atomic E-state index is 0.0577. The molecule has 0 aliphatic heterocycles. The first-order chi connectivity index (χ1) is 11.6. The summed E-state index contributed by atoms with van der Waals surface area (Å²) in [6.45, 7) is 3.91. The second-order valence-corrected chi connectivity index (χ2v) is 4.81. The van der Waals surface area contributed by atoms with Crippen LogP contribution >= 0.6 is 0 Å². The first-order valence-electron chi connectivity index (χ1n) is 7.19. The highest BCUT2D eigenvalue weighted by molar-refractivity contribution is 6.09. The maximum atomic E-state index is 12.2. The van der Waals surface area contributed by atoms with Gasteiger partial charge in [-0.2, -0.15) is 5.26 Å². The van der Waals surface area contributed by atoms with Crippen molar-refractivity contribution in [1.82, 2.24) is 0 Å². The molecule has 0 saturated heterocycles. The van der Waals surface area contributed by atoms with Crippen molar-refractivity contribution in [2.45, 2.75) is 0 Å². The van der Waals surface area contributed by atoms with Crippen molar-refractivity contribution in [3.63, 3.8) is 0 Å². The molecule has 2 N–H and O–H groups in total. The zero-order valence-electron chi connectivity index (χ0n) is 12.9. The monoisotopic (exact) mass is 320 g/mol. The van der Waals surface area contributed by atoms with E-state index >= 15 is 0 Å². The number of anilines is 1. The van der Waals surface area contributed by atoms with E-state index < -0.39 is 5.91 Å². The molecule has 5 nitrogen and oxygen atoms in total. The molecule has 0 aromatic heterocycles. The third kappa shape index (κ3) is 4.49. The average molecular weight is 320 g/mol. The summed E-state index contributed by atoms with van der Waals surface area (Å²) in [6, 6.07) is 15.0. The number of nitrogens with one attached hydrogen (secondary N) is 1. The lowest BCUT2D eigenvalue weighted by Crippen LogP contribution is -2.13. The highest BCUT2D eigenvalue weighted by Gasteiger charge is 2.11. The Hall–Kier alpha value is -3.52. The molecule has 2 rings (SSSR count). The van der Waals surface area contributed by atoms with E-state index in [0.29, 0.717) is 23.6 Å². The number of nitriles is 1. The number of phenols is 1. The third-order valence-corrected chi connectivity index (χ3v) is 3.07. The van der Waals surface area contributed by atoms with Crippen LogP contribution in [0.3, 0.4) is 0 Å². The number of carbonyl (C=O) groups is 1. The van der Waals surface area contributed by atoms with Gasteiger partial charge in [0.2, 0.25) is 0 Å². The maximum absolute atomic E-state index is 12.2. The molecule has 0 fully saturated rings. The van der Waals surface area contributed by atoms with Crippen LogP contribution in [0.25, 0.3) is 6.08 Å². The summed E-state index contributed by atoms with van der Waals surface area (Å²) in [6.07, 6.45) is 3.08. The van der Waals surface area contributed by atoms with Crippen LogP contribution in [0.5, 0.6) is 11.5 Å². The van der Waals surface area contributed by atoms with Gasteiger partial charge in [0.15, 0.2) is 0 Å². The molecule has 0 radical (unpaired) electrons. The van der Waals surface area contributed by atoms with E-state index in [4.69, 9.17) is 4.74 Å². The fraction of sp³-hybridized carbons (Fsp3) is 0.0526. The number of amides is 1. The quantitative estimate of drug-likeness (QED) is 0.369. The lowest BCUT2D eigenvalue weighted by molar-refractivity contribution is -0.112. The zero-order valence-corrected chi connectivity index (χ0v) is 12.9. The molecular weight excluding hydrogens is 304 g/mol. The summed E-state index contributed by atoms with van der Waals surface area (Å²) in [7, 11) is 0. The molecule has 0 aliphatic rings. The molecule has 0 bridgehead atoms. The molecular formula is C19H16N2O3. The summed E-state index contributed by atoms with van der Waals surface area (Å²) >= 11 is 0. The number of aromatic hydroxyl groups is 1. The maximum Gasteiger partial charge on any atom is 0.266 e. The Morgan fingerprint density at radius 3 is 2.62 bits per heavy atom. The minimum atomic E-state index is -0.540. The zero-order chi connectivity index (χ0) is 17.4. The van der Waals surface area contributed by atoms with Crippen LogP contribution in [0.1, 0.15) is 5.56 Å². The van der Waals surface area contributed by atoms with Crippen molar-refractivity contribution in [2.75, 3.05) is 11.9 Å². The minimum Gasteiger partial charge on any atom is -0.508 e. The Kier molecular flexibility index (Phi) is 5.76. The summed E-state index contributed by atoms with van der Waals surface area (Å²) in [4.78, 5) is 12.2. The van der Waals surface area contributed by atoms with Crippen molar-refractivity contribution in [3.05, 3.63) is 72.3 Å². The molecule has 5 heteroatoms. The predicted molar refractivity (Wildman–Crippen MR) is 92.5 cm³/mol. The van der Waals surface area contributed by atoms with Crippen LogP contribution in [-0.2, 0) is 4.79 Å². The first-order valence-corrected chi connectivity index (χ1v) is 7.19. The molecule has 0 unspecified atom stereocenters. The largest absolute Gasteiger partial charge is 0.508 e. The third-order valence-electron chi connectivity index (χ3n) is 3.07. The molecule has 0 heterocycles. The lowest BCUT2D eigenvalue weighted by atomic mass is 10.1. The number of ether oxygens (including phenoxy) is 1. The van der Waals surface area contributed by atoms with Gasteiger partial charge in [-0.1, -0.05) is 30.9 Å². The van der Waals surface area contributed by atoms with Gasteiger partial charge in [-0.3, -0.25) is 4.79 Å². The van der Waals surface area contributed by atoms with Gasteiger partial charge in [-0.05, 0) is 36.4 Å². The van der Waals surface area contributed by atoms with E-state index in [-0.39, 0.29) is 11.3 Å². The van der Waals surface area contributed by atoms with Crippen LogP contribution in [-0.4, -0.2) is 17.6 Å². The van der Waals surface area contributed by atoms with Crippen molar-refractivity contribution in [3.8, 4) is 17.6 Å².